The van der Waals surface area contributed by atoms with E-state index < -0.39 is 11.6 Å². The fourth-order valence-electron chi connectivity index (χ4n) is 8.63. The Hall–Kier alpha value is -3.29. The van der Waals surface area contributed by atoms with Crippen LogP contribution in [0.1, 0.15) is 96.2 Å². The van der Waals surface area contributed by atoms with Crippen molar-refractivity contribution in [2.45, 2.75) is 101 Å². The Balaban J connectivity index is 1.07. The molecule has 1 atom stereocenters. The number of halogens is 1. The van der Waals surface area contributed by atoms with E-state index >= 15 is 0 Å². The second-order valence-electron chi connectivity index (χ2n) is 14.7. The molecule has 7 saturated carbocycles. The van der Waals surface area contributed by atoms with Gasteiger partial charge >= 0.3 is 0 Å². The Labute approximate surface area is 252 Å². The molecule has 1 unspecified atom stereocenters. The number of benzene rings is 1. The van der Waals surface area contributed by atoms with Gasteiger partial charge in [0.15, 0.2) is 5.82 Å². The maximum atomic E-state index is 14.7. The molecule has 1 aromatic carbocycles. The topological polar surface area (TPSA) is 81.4 Å². The van der Waals surface area contributed by atoms with Crippen LogP contribution >= 0.6 is 0 Å². The summed E-state index contributed by atoms with van der Waals surface area (Å²) >= 11 is 0. The van der Waals surface area contributed by atoms with Crippen LogP contribution in [0.15, 0.2) is 47.1 Å². The number of rotatable bonds is 9. The largest absolute Gasteiger partial charge is 0.478 e. The number of anilines is 1. The normalized spacial score (nSPS) is 33.2. The molecular weight excluding hydrogens is 543 g/mol. The van der Waals surface area contributed by atoms with Crippen LogP contribution in [0.3, 0.4) is 0 Å². The highest BCUT2D eigenvalue weighted by atomic mass is 19.1. The minimum Gasteiger partial charge on any atom is -0.478 e. The first-order chi connectivity index (χ1) is 20.7. The van der Waals surface area contributed by atoms with Gasteiger partial charge in [0.25, 0.3) is 0 Å². The van der Waals surface area contributed by atoms with Crippen molar-refractivity contribution in [1.82, 2.24) is 15.1 Å². The van der Waals surface area contributed by atoms with Gasteiger partial charge in [-0.15, -0.1) is 0 Å². The molecular formula is C35H41FN4O3. The number of pyridine rings is 1. The summed E-state index contributed by atoms with van der Waals surface area (Å²) in [6.07, 6.45) is 11.1. The fourth-order valence-corrected chi connectivity index (χ4v) is 8.63. The van der Waals surface area contributed by atoms with Crippen LogP contribution < -0.4 is 9.64 Å². The third-order valence-corrected chi connectivity index (χ3v) is 11.9. The Bertz CT molecular complexity index is 1520. The lowest BCUT2D eigenvalue weighted by atomic mass is 9.53. The summed E-state index contributed by atoms with van der Waals surface area (Å²) in [6, 6.07) is 12.1. The van der Waals surface area contributed by atoms with Crippen molar-refractivity contribution in [3.8, 4) is 17.0 Å². The first-order valence-electron chi connectivity index (χ1n) is 16.2. The molecule has 0 radical (unpaired) electrons. The zero-order valence-corrected chi connectivity index (χ0v) is 25.3. The van der Waals surface area contributed by atoms with Gasteiger partial charge in [0.05, 0.1) is 12.0 Å². The van der Waals surface area contributed by atoms with Crippen LogP contribution in [-0.2, 0) is 15.6 Å². The summed E-state index contributed by atoms with van der Waals surface area (Å²) in [5, 5.41) is 4.50. The zero-order valence-electron chi connectivity index (χ0n) is 25.3. The highest BCUT2D eigenvalue weighted by Crippen LogP contribution is 2.62. The minimum atomic E-state index is -0.854. The van der Waals surface area contributed by atoms with E-state index in [1.165, 1.54) is 0 Å². The highest BCUT2D eigenvalue weighted by molar-refractivity contribution is 5.99. The number of fused-ring (bicyclic) bond motifs is 4. The van der Waals surface area contributed by atoms with Gasteiger partial charge in [0, 0.05) is 40.9 Å². The first kappa shape index (κ1) is 27.3. The Morgan fingerprint density at radius 3 is 2.42 bits per heavy atom. The third-order valence-electron chi connectivity index (χ3n) is 11.9. The molecule has 8 heteroatoms. The fraction of sp³-hybridized carbons (Fsp3) is 0.600. The minimum absolute atomic E-state index is 0.0169. The number of aromatic nitrogens is 3. The Morgan fingerprint density at radius 2 is 1.79 bits per heavy atom. The molecule has 226 valence electrons. The van der Waals surface area contributed by atoms with Crippen LogP contribution in [-0.4, -0.2) is 40.4 Å². The van der Waals surface area contributed by atoms with Crippen molar-refractivity contribution in [1.29, 1.82) is 0 Å². The van der Waals surface area contributed by atoms with E-state index in [9.17, 15) is 9.18 Å². The van der Waals surface area contributed by atoms with Gasteiger partial charge in [-0.3, -0.25) is 4.79 Å². The van der Waals surface area contributed by atoms with Gasteiger partial charge in [-0.1, -0.05) is 24.2 Å². The van der Waals surface area contributed by atoms with Crippen molar-refractivity contribution in [2.75, 3.05) is 18.1 Å². The van der Waals surface area contributed by atoms with Crippen molar-refractivity contribution >= 4 is 11.6 Å². The molecule has 3 aromatic rings. The summed E-state index contributed by atoms with van der Waals surface area (Å²) in [5.41, 5.74) is 2.42. The number of carbonyl (C=O) groups excluding carboxylic acids is 1. The van der Waals surface area contributed by atoms with Crippen molar-refractivity contribution in [3.05, 3.63) is 54.3 Å². The standard InChI is InChI=1S/C35H41FN4O3/c1-3-42-28-8-7-24(21-37-28)23-5-4-6-26(17-23)40(31(41)35-18-25(19-35)27(36)20-35)22-33-11-14-34(15-12-33,16-13-33)29-38-30(43-39-29)32(2)9-10-32/h4-8,17,21,25,27H,3,9-16,18-20,22H2,1-2H3. The maximum Gasteiger partial charge on any atom is 0.233 e. The second-order valence-corrected chi connectivity index (χ2v) is 14.7. The highest BCUT2D eigenvalue weighted by Gasteiger charge is 2.62. The zero-order chi connectivity index (χ0) is 29.5. The molecule has 7 fully saturated rings. The van der Waals surface area contributed by atoms with Gasteiger partial charge in [0.1, 0.15) is 6.17 Å². The number of nitrogens with zero attached hydrogens (tertiary/aromatic N) is 4. The van der Waals surface area contributed by atoms with Gasteiger partial charge in [-0.05, 0) is 113 Å². The molecule has 0 spiro atoms. The van der Waals surface area contributed by atoms with Crippen LogP contribution in [0.25, 0.3) is 11.1 Å². The molecule has 0 N–H and O–H groups in total. The third kappa shape index (κ3) is 4.41. The van der Waals surface area contributed by atoms with E-state index in [4.69, 9.17) is 14.2 Å². The summed E-state index contributed by atoms with van der Waals surface area (Å²) < 4.78 is 26.0. The molecule has 7 aliphatic rings. The summed E-state index contributed by atoms with van der Waals surface area (Å²) in [4.78, 5) is 25.9. The van der Waals surface area contributed by atoms with E-state index in [-0.39, 0.29) is 28.1 Å². The lowest BCUT2D eigenvalue weighted by molar-refractivity contribution is -0.132. The predicted octanol–water partition coefficient (Wildman–Crippen LogP) is 7.35. The predicted molar refractivity (Wildman–Crippen MR) is 161 cm³/mol. The lowest BCUT2D eigenvalue weighted by Gasteiger charge is -2.54. The number of ether oxygens (including phenoxy) is 1. The molecule has 2 aromatic heterocycles. The number of hydrogen-bond acceptors (Lipinski definition) is 6. The molecule has 7 nitrogen and oxygen atoms in total. The second kappa shape index (κ2) is 9.60. The molecule has 10 rings (SSSR count). The van der Waals surface area contributed by atoms with E-state index in [1.807, 2.05) is 42.3 Å². The van der Waals surface area contributed by atoms with Gasteiger partial charge < -0.3 is 14.2 Å². The van der Waals surface area contributed by atoms with Crippen molar-refractivity contribution in [3.63, 3.8) is 0 Å². The molecule has 0 aliphatic heterocycles. The van der Waals surface area contributed by atoms with Crippen molar-refractivity contribution < 1.29 is 18.4 Å². The van der Waals surface area contributed by atoms with E-state index in [2.05, 4.69) is 29.2 Å². The molecule has 0 saturated heterocycles. The number of alkyl halides is 1. The maximum absolute atomic E-state index is 14.7. The van der Waals surface area contributed by atoms with Gasteiger partial charge in [-0.25, -0.2) is 9.37 Å². The van der Waals surface area contributed by atoms with Crippen LogP contribution in [0, 0.1) is 16.7 Å². The molecule has 4 bridgehead atoms. The van der Waals surface area contributed by atoms with E-state index in [1.54, 1.807) is 0 Å². The Kier molecular flexibility index (Phi) is 6.09. The molecule has 1 amide bonds. The SMILES string of the molecule is CCOc1ccc(-c2cccc(N(CC34CCC(c5noc(C6(C)CC6)n5)(CC3)CC4)C(=O)C34CC(F)C(C3)C4)c2)cn1. The summed E-state index contributed by atoms with van der Waals surface area (Å²) in [7, 11) is 0. The van der Waals surface area contributed by atoms with Crippen LogP contribution in [0.5, 0.6) is 5.88 Å². The number of amides is 1. The summed E-state index contributed by atoms with van der Waals surface area (Å²) in [6.45, 7) is 5.39. The van der Waals surface area contributed by atoms with Crippen molar-refractivity contribution in [2.24, 2.45) is 16.7 Å². The molecule has 2 heterocycles. The van der Waals surface area contributed by atoms with Crippen LogP contribution in [0.4, 0.5) is 10.1 Å². The molecule has 43 heavy (non-hydrogen) atoms. The smallest absolute Gasteiger partial charge is 0.233 e. The van der Waals surface area contributed by atoms with E-state index in [0.717, 1.165) is 79.9 Å². The van der Waals surface area contributed by atoms with Gasteiger partial charge in [0.2, 0.25) is 17.7 Å². The lowest BCUT2D eigenvalue weighted by Crippen LogP contribution is -2.54. The van der Waals surface area contributed by atoms with Crippen LogP contribution in [0.2, 0.25) is 0 Å². The number of hydrogen-bond donors (Lipinski definition) is 0. The molecule has 7 aliphatic carbocycles. The quantitative estimate of drug-likeness (QED) is 0.262. The monoisotopic (exact) mass is 584 g/mol. The average molecular weight is 585 g/mol. The Morgan fingerprint density at radius 1 is 1.02 bits per heavy atom. The average Bonchev–Trinajstić information content (AvgIpc) is 3.34. The van der Waals surface area contributed by atoms with Gasteiger partial charge in [-0.2, -0.15) is 4.98 Å². The van der Waals surface area contributed by atoms with E-state index in [0.29, 0.717) is 38.3 Å². The number of carbonyl (C=O) groups is 1. The summed E-state index contributed by atoms with van der Waals surface area (Å²) in [5.74, 6) is 2.46. The first-order valence-corrected chi connectivity index (χ1v) is 16.2.